The van der Waals surface area contributed by atoms with E-state index in [-0.39, 0.29) is 5.78 Å². The molecule has 18 heavy (non-hydrogen) atoms. The van der Waals surface area contributed by atoms with Crippen LogP contribution in [0.5, 0.6) is 0 Å². The van der Waals surface area contributed by atoms with Crippen molar-refractivity contribution in [2.24, 2.45) is 0 Å². The van der Waals surface area contributed by atoms with Gasteiger partial charge in [0.25, 0.3) is 0 Å². The van der Waals surface area contributed by atoms with E-state index in [9.17, 15) is 4.79 Å². The molecule has 2 heterocycles. The van der Waals surface area contributed by atoms with E-state index in [1.807, 2.05) is 0 Å². The average Bonchev–Trinajstić information content (AvgIpc) is 2.86. The molecule has 0 radical (unpaired) electrons. The van der Waals surface area contributed by atoms with Gasteiger partial charge in [-0.05, 0) is 32.2 Å². The van der Waals surface area contributed by atoms with Crippen molar-refractivity contribution in [2.75, 3.05) is 6.54 Å². The zero-order chi connectivity index (χ0) is 12.8. The van der Waals surface area contributed by atoms with Crippen molar-refractivity contribution < 1.29 is 4.79 Å². The Bertz CT molecular complexity index is 382. The van der Waals surface area contributed by atoms with Gasteiger partial charge in [0.2, 0.25) is 0 Å². The third kappa shape index (κ3) is 3.38. The second-order valence-corrected chi connectivity index (χ2v) is 4.95. The number of aromatic nitrogens is 3. The van der Waals surface area contributed by atoms with Crippen LogP contribution >= 0.6 is 0 Å². The number of nitrogens with one attached hydrogen (secondary N) is 1. The molecule has 1 atom stereocenters. The molecule has 1 N–H and O–H groups in total. The summed E-state index contributed by atoms with van der Waals surface area (Å²) in [5, 5.41) is 11.3. The minimum Gasteiger partial charge on any atom is -0.314 e. The van der Waals surface area contributed by atoms with Crippen LogP contribution in [-0.2, 0) is 6.54 Å². The summed E-state index contributed by atoms with van der Waals surface area (Å²) >= 11 is 0. The van der Waals surface area contributed by atoms with Gasteiger partial charge >= 0.3 is 0 Å². The highest BCUT2D eigenvalue weighted by atomic mass is 16.1. The Labute approximate surface area is 108 Å². The molecule has 1 aliphatic rings. The first-order valence-corrected chi connectivity index (χ1v) is 6.96. The van der Waals surface area contributed by atoms with E-state index in [1.165, 1.54) is 19.3 Å². The first-order chi connectivity index (χ1) is 8.81. The number of carbonyl (C=O) groups is 1. The minimum atomic E-state index is 0.167. The van der Waals surface area contributed by atoms with Crippen molar-refractivity contribution in [1.82, 2.24) is 20.3 Å². The highest BCUT2D eigenvalue weighted by Crippen LogP contribution is 2.13. The first-order valence-electron chi connectivity index (χ1n) is 6.96. The van der Waals surface area contributed by atoms with E-state index < -0.39 is 0 Å². The molecule has 1 aromatic rings. The molecule has 1 aromatic heterocycles. The summed E-state index contributed by atoms with van der Waals surface area (Å²) in [6.07, 6.45) is 7.81. The van der Waals surface area contributed by atoms with Crippen molar-refractivity contribution in [2.45, 2.75) is 58.0 Å². The summed E-state index contributed by atoms with van der Waals surface area (Å²) in [5.74, 6) is 0.167. The van der Waals surface area contributed by atoms with E-state index in [4.69, 9.17) is 0 Å². The molecular formula is C13H22N4O. The largest absolute Gasteiger partial charge is 0.314 e. The van der Waals surface area contributed by atoms with Gasteiger partial charge in [-0.15, -0.1) is 5.10 Å². The molecule has 1 unspecified atom stereocenters. The molecule has 0 spiro atoms. The number of hydrogen-bond donors (Lipinski definition) is 1. The molecular weight excluding hydrogens is 228 g/mol. The van der Waals surface area contributed by atoms with Crippen LogP contribution in [-0.4, -0.2) is 33.4 Å². The fraction of sp³-hybridized carbons (Fsp3) is 0.769. The van der Waals surface area contributed by atoms with Crippen molar-refractivity contribution >= 4 is 5.78 Å². The lowest BCUT2D eigenvalue weighted by molar-refractivity contribution is 0.0963. The predicted molar refractivity (Wildman–Crippen MR) is 69.5 cm³/mol. The van der Waals surface area contributed by atoms with Gasteiger partial charge in [0.15, 0.2) is 5.78 Å². The Morgan fingerprint density at radius 2 is 2.44 bits per heavy atom. The summed E-state index contributed by atoms with van der Waals surface area (Å²) in [5.41, 5.74) is 0.660. The number of aryl methyl sites for hydroxylation is 1. The molecule has 100 valence electrons. The van der Waals surface area contributed by atoms with Crippen molar-refractivity contribution in [3.05, 3.63) is 11.9 Å². The van der Waals surface area contributed by atoms with Gasteiger partial charge in [-0.3, -0.25) is 4.79 Å². The molecule has 1 aliphatic heterocycles. The second kappa shape index (κ2) is 6.64. The summed E-state index contributed by atoms with van der Waals surface area (Å²) < 4.78 is 1.72. The van der Waals surface area contributed by atoms with Gasteiger partial charge in [-0.25, -0.2) is 4.68 Å². The fourth-order valence-electron chi connectivity index (χ4n) is 2.45. The average molecular weight is 250 g/mol. The molecule has 5 nitrogen and oxygen atoms in total. The van der Waals surface area contributed by atoms with E-state index >= 15 is 0 Å². The van der Waals surface area contributed by atoms with Crippen LogP contribution in [0.25, 0.3) is 0 Å². The Balaban J connectivity index is 1.84. The summed E-state index contributed by atoms with van der Waals surface area (Å²) in [4.78, 5) is 12.1. The van der Waals surface area contributed by atoms with E-state index in [1.54, 1.807) is 10.9 Å². The number of ketones is 1. The number of piperidine rings is 1. The van der Waals surface area contributed by atoms with Crippen molar-refractivity contribution in [3.8, 4) is 0 Å². The standard InChI is InChI=1S/C13H22N4O/c1-2-9-17-12(10-15-16-17)13(18)7-6-11-5-3-4-8-14-11/h10-11,14H,2-9H2,1H3. The number of rotatable bonds is 6. The SMILES string of the molecule is CCCn1nncc1C(=O)CCC1CCCCN1. The normalized spacial score (nSPS) is 19.9. The predicted octanol–water partition coefficient (Wildman–Crippen LogP) is 1.79. The summed E-state index contributed by atoms with van der Waals surface area (Å²) in [6.45, 7) is 3.93. The van der Waals surface area contributed by atoms with Gasteiger partial charge in [-0.1, -0.05) is 18.6 Å². The quantitative estimate of drug-likeness (QED) is 0.782. The molecule has 0 aliphatic carbocycles. The van der Waals surface area contributed by atoms with Crippen LogP contribution in [0.2, 0.25) is 0 Å². The Kier molecular flexibility index (Phi) is 4.87. The highest BCUT2D eigenvalue weighted by molar-refractivity contribution is 5.94. The lowest BCUT2D eigenvalue weighted by Gasteiger charge is -2.22. The lowest BCUT2D eigenvalue weighted by Crippen LogP contribution is -2.34. The van der Waals surface area contributed by atoms with Crippen LogP contribution in [0.1, 0.15) is 55.9 Å². The van der Waals surface area contributed by atoms with Gasteiger partial charge < -0.3 is 5.32 Å². The monoisotopic (exact) mass is 250 g/mol. The number of Topliss-reactive ketones (excluding diaryl/α,β-unsaturated/α-hetero) is 1. The Morgan fingerprint density at radius 1 is 1.56 bits per heavy atom. The van der Waals surface area contributed by atoms with Crippen molar-refractivity contribution in [1.29, 1.82) is 0 Å². The molecule has 0 amide bonds. The maximum Gasteiger partial charge on any atom is 0.182 e. The second-order valence-electron chi connectivity index (χ2n) is 4.95. The van der Waals surface area contributed by atoms with Gasteiger partial charge in [0, 0.05) is 19.0 Å². The van der Waals surface area contributed by atoms with Gasteiger partial charge in [0.05, 0.1) is 6.20 Å². The van der Waals surface area contributed by atoms with E-state index in [2.05, 4.69) is 22.6 Å². The van der Waals surface area contributed by atoms with E-state index in [0.29, 0.717) is 18.2 Å². The molecule has 1 fully saturated rings. The smallest absolute Gasteiger partial charge is 0.182 e. The molecule has 0 bridgehead atoms. The molecule has 5 heteroatoms. The molecule has 2 rings (SSSR count). The van der Waals surface area contributed by atoms with Crippen LogP contribution in [0, 0.1) is 0 Å². The number of nitrogens with zero attached hydrogens (tertiary/aromatic N) is 3. The van der Waals surface area contributed by atoms with Crippen LogP contribution in [0.4, 0.5) is 0 Å². The van der Waals surface area contributed by atoms with Crippen LogP contribution in [0.15, 0.2) is 6.20 Å². The zero-order valence-electron chi connectivity index (χ0n) is 11.1. The Morgan fingerprint density at radius 3 is 3.17 bits per heavy atom. The van der Waals surface area contributed by atoms with Crippen LogP contribution in [0.3, 0.4) is 0 Å². The topological polar surface area (TPSA) is 59.8 Å². The third-order valence-corrected chi connectivity index (χ3v) is 3.47. The molecule has 0 saturated carbocycles. The number of carbonyl (C=O) groups excluding carboxylic acids is 1. The van der Waals surface area contributed by atoms with E-state index in [0.717, 1.165) is 25.9 Å². The summed E-state index contributed by atoms with van der Waals surface area (Å²) in [6, 6.07) is 0.512. The number of hydrogen-bond acceptors (Lipinski definition) is 4. The first kappa shape index (κ1) is 13.2. The maximum atomic E-state index is 12.1. The highest BCUT2D eigenvalue weighted by Gasteiger charge is 2.17. The molecule has 1 saturated heterocycles. The maximum absolute atomic E-state index is 12.1. The third-order valence-electron chi connectivity index (χ3n) is 3.47. The van der Waals surface area contributed by atoms with Crippen molar-refractivity contribution in [3.63, 3.8) is 0 Å². The lowest BCUT2D eigenvalue weighted by atomic mass is 9.99. The molecule has 0 aromatic carbocycles. The Hall–Kier alpha value is -1.23. The minimum absolute atomic E-state index is 0.167. The summed E-state index contributed by atoms with van der Waals surface area (Å²) in [7, 11) is 0. The van der Waals surface area contributed by atoms with Gasteiger partial charge in [0.1, 0.15) is 5.69 Å². The van der Waals surface area contributed by atoms with Gasteiger partial charge in [-0.2, -0.15) is 0 Å². The zero-order valence-corrected chi connectivity index (χ0v) is 11.1. The van der Waals surface area contributed by atoms with Crippen LogP contribution < -0.4 is 5.32 Å². The fourth-order valence-corrected chi connectivity index (χ4v) is 2.45.